The Bertz CT molecular complexity index is 806. The first kappa shape index (κ1) is 22.2. The molecule has 0 aromatic heterocycles. The molecule has 1 fully saturated rings. The van der Waals surface area contributed by atoms with Crippen LogP contribution in [0.2, 0.25) is 0 Å². The Labute approximate surface area is 181 Å². The second-order valence-electron chi connectivity index (χ2n) is 8.08. The molecule has 0 aliphatic carbocycles. The van der Waals surface area contributed by atoms with E-state index in [0.29, 0.717) is 12.5 Å². The molecule has 0 bridgehead atoms. The number of methoxy groups -OCH3 is 1. The summed E-state index contributed by atoms with van der Waals surface area (Å²) in [4.78, 5) is 7.36. The van der Waals surface area contributed by atoms with E-state index in [2.05, 4.69) is 77.9 Å². The Balaban J connectivity index is 1.47. The molecule has 5 nitrogen and oxygen atoms in total. The molecule has 2 aromatic rings. The molecule has 2 N–H and O–H groups in total. The lowest BCUT2D eigenvalue weighted by molar-refractivity contribution is 0.328. The minimum absolute atomic E-state index is 0.604. The van der Waals surface area contributed by atoms with Gasteiger partial charge in [-0.1, -0.05) is 42.5 Å². The molecule has 1 atom stereocenters. The number of guanidine groups is 1. The van der Waals surface area contributed by atoms with E-state index in [4.69, 9.17) is 9.73 Å². The van der Waals surface area contributed by atoms with E-state index < -0.39 is 0 Å². The molecule has 1 heterocycles. The molecular formula is C25H36N4O. The number of hydrogen-bond donors (Lipinski definition) is 2. The van der Waals surface area contributed by atoms with Crippen molar-refractivity contribution in [2.45, 2.75) is 33.2 Å². The minimum atomic E-state index is 0.604. The third kappa shape index (κ3) is 6.77. The van der Waals surface area contributed by atoms with Gasteiger partial charge in [-0.3, -0.25) is 0 Å². The van der Waals surface area contributed by atoms with Crippen molar-refractivity contribution in [3.8, 4) is 5.75 Å². The van der Waals surface area contributed by atoms with E-state index in [9.17, 15) is 0 Å². The van der Waals surface area contributed by atoms with Crippen LogP contribution >= 0.6 is 0 Å². The van der Waals surface area contributed by atoms with E-state index in [0.717, 1.165) is 49.9 Å². The summed E-state index contributed by atoms with van der Waals surface area (Å²) in [5.41, 5.74) is 3.73. The van der Waals surface area contributed by atoms with Crippen molar-refractivity contribution in [2.24, 2.45) is 10.9 Å². The highest BCUT2D eigenvalue weighted by atomic mass is 16.5. The Morgan fingerprint density at radius 2 is 2.00 bits per heavy atom. The normalized spacial score (nSPS) is 17.2. The molecule has 1 saturated heterocycles. The summed E-state index contributed by atoms with van der Waals surface area (Å²) in [6, 6.07) is 17.0. The van der Waals surface area contributed by atoms with Gasteiger partial charge in [0.25, 0.3) is 0 Å². The molecule has 5 heteroatoms. The quantitative estimate of drug-likeness (QED) is 0.491. The van der Waals surface area contributed by atoms with Crippen LogP contribution in [0.25, 0.3) is 0 Å². The van der Waals surface area contributed by atoms with Crippen molar-refractivity contribution >= 4 is 5.96 Å². The largest absolute Gasteiger partial charge is 0.496 e. The van der Waals surface area contributed by atoms with Crippen LogP contribution in [0.4, 0.5) is 0 Å². The number of benzene rings is 2. The highest BCUT2D eigenvalue weighted by Gasteiger charge is 2.22. The number of hydrogen-bond acceptors (Lipinski definition) is 3. The summed E-state index contributed by atoms with van der Waals surface area (Å²) >= 11 is 0. The lowest BCUT2D eigenvalue weighted by Gasteiger charge is -2.17. The van der Waals surface area contributed by atoms with Gasteiger partial charge in [-0.25, -0.2) is 4.99 Å². The van der Waals surface area contributed by atoms with Gasteiger partial charge in [-0.2, -0.15) is 0 Å². The fourth-order valence-electron chi connectivity index (χ4n) is 3.94. The first-order chi connectivity index (χ1) is 14.7. The van der Waals surface area contributed by atoms with E-state index in [1.54, 1.807) is 7.11 Å². The van der Waals surface area contributed by atoms with Crippen molar-refractivity contribution in [1.82, 2.24) is 15.5 Å². The molecule has 0 saturated carbocycles. The van der Waals surface area contributed by atoms with Gasteiger partial charge >= 0.3 is 0 Å². The molecular weight excluding hydrogens is 372 g/mol. The fourth-order valence-corrected chi connectivity index (χ4v) is 3.94. The predicted octanol–water partition coefficient (Wildman–Crippen LogP) is 3.62. The Morgan fingerprint density at radius 3 is 2.77 bits per heavy atom. The maximum atomic E-state index is 5.51. The number of nitrogens with zero attached hydrogens (tertiary/aromatic N) is 2. The fraction of sp³-hybridized carbons (Fsp3) is 0.480. The summed E-state index contributed by atoms with van der Waals surface area (Å²) in [5, 5.41) is 6.92. The highest BCUT2D eigenvalue weighted by molar-refractivity contribution is 5.79. The van der Waals surface area contributed by atoms with E-state index in [-0.39, 0.29) is 0 Å². The molecule has 2 aromatic carbocycles. The van der Waals surface area contributed by atoms with Crippen molar-refractivity contribution in [2.75, 3.05) is 39.8 Å². The van der Waals surface area contributed by atoms with Crippen molar-refractivity contribution in [3.05, 3.63) is 65.2 Å². The zero-order valence-electron chi connectivity index (χ0n) is 18.7. The zero-order valence-corrected chi connectivity index (χ0v) is 18.7. The van der Waals surface area contributed by atoms with Crippen LogP contribution in [-0.4, -0.2) is 50.7 Å². The lowest BCUT2D eigenvalue weighted by atomic mass is 10.1. The van der Waals surface area contributed by atoms with Crippen LogP contribution in [0.1, 0.15) is 30.0 Å². The number of likely N-dealkylation sites (tertiary alicyclic amines) is 1. The van der Waals surface area contributed by atoms with Gasteiger partial charge in [0.2, 0.25) is 0 Å². The Morgan fingerprint density at radius 1 is 1.17 bits per heavy atom. The summed E-state index contributed by atoms with van der Waals surface area (Å²) < 4.78 is 5.51. The Hall–Kier alpha value is -2.53. The first-order valence-corrected chi connectivity index (χ1v) is 11.1. The van der Waals surface area contributed by atoms with E-state index >= 15 is 0 Å². The van der Waals surface area contributed by atoms with Crippen LogP contribution in [0.3, 0.4) is 0 Å². The number of aryl methyl sites for hydroxylation is 1. The van der Waals surface area contributed by atoms with Crippen LogP contribution in [-0.2, 0) is 13.0 Å². The second kappa shape index (κ2) is 11.6. The predicted molar refractivity (Wildman–Crippen MR) is 125 cm³/mol. The number of rotatable bonds is 9. The zero-order chi connectivity index (χ0) is 21.2. The molecule has 1 aliphatic heterocycles. The van der Waals surface area contributed by atoms with Gasteiger partial charge in [0.05, 0.1) is 13.7 Å². The van der Waals surface area contributed by atoms with Gasteiger partial charge in [0.15, 0.2) is 5.96 Å². The van der Waals surface area contributed by atoms with Crippen molar-refractivity contribution < 1.29 is 4.74 Å². The smallest absolute Gasteiger partial charge is 0.191 e. The minimum Gasteiger partial charge on any atom is -0.496 e. The standard InChI is InChI=1S/C25H36N4O/c1-4-26-25(28-18-23-11-10-20(2)16-24(23)30-3)27-17-22-13-15-29(19-22)14-12-21-8-6-5-7-9-21/h5-11,16,22H,4,12-15,17-19H2,1-3H3,(H2,26,27,28). The van der Waals surface area contributed by atoms with Crippen LogP contribution in [0.5, 0.6) is 5.75 Å². The summed E-state index contributed by atoms with van der Waals surface area (Å²) in [6.07, 6.45) is 2.37. The van der Waals surface area contributed by atoms with E-state index in [1.807, 2.05) is 0 Å². The Kier molecular flexibility index (Phi) is 8.57. The van der Waals surface area contributed by atoms with Gasteiger partial charge in [0, 0.05) is 31.7 Å². The van der Waals surface area contributed by atoms with Gasteiger partial charge in [0.1, 0.15) is 5.75 Å². The molecule has 0 amide bonds. The highest BCUT2D eigenvalue weighted by Crippen LogP contribution is 2.20. The molecule has 0 spiro atoms. The average molecular weight is 409 g/mol. The van der Waals surface area contributed by atoms with E-state index in [1.165, 1.54) is 24.1 Å². The molecule has 1 unspecified atom stereocenters. The molecule has 162 valence electrons. The van der Waals surface area contributed by atoms with Crippen LogP contribution < -0.4 is 15.4 Å². The maximum absolute atomic E-state index is 5.51. The van der Waals surface area contributed by atoms with Crippen molar-refractivity contribution in [1.29, 1.82) is 0 Å². The lowest BCUT2D eigenvalue weighted by Crippen LogP contribution is -2.40. The third-order valence-electron chi connectivity index (χ3n) is 5.68. The number of aliphatic imine (C=N–C) groups is 1. The molecule has 0 radical (unpaired) electrons. The van der Waals surface area contributed by atoms with Crippen LogP contribution in [0, 0.1) is 12.8 Å². The number of ether oxygens (including phenoxy) is 1. The third-order valence-corrected chi connectivity index (χ3v) is 5.68. The van der Waals surface area contributed by atoms with Crippen LogP contribution in [0.15, 0.2) is 53.5 Å². The van der Waals surface area contributed by atoms with Gasteiger partial charge in [-0.15, -0.1) is 0 Å². The summed E-state index contributed by atoms with van der Waals surface area (Å²) in [6.45, 7) is 10.1. The SMILES string of the molecule is CCNC(=NCc1ccc(C)cc1OC)NCC1CCN(CCc2ccccc2)C1. The summed E-state index contributed by atoms with van der Waals surface area (Å²) in [5.74, 6) is 2.45. The molecule has 1 aliphatic rings. The number of nitrogens with one attached hydrogen (secondary N) is 2. The first-order valence-electron chi connectivity index (χ1n) is 11.1. The van der Waals surface area contributed by atoms with Gasteiger partial charge in [-0.05, 0) is 56.3 Å². The van der Waals surface area contributed by atoms with Gasteiger partial charge < -0.3 is 20.3 Å². The average Bonchev–Trinajstić information content (AvgIpc) is 3.23. The van der Waals surface area contributed by atoms with Crippen molar-refractivity contribution in [3.63, 3.8) is 0 Å². The summed E-state index contributed by atoms with van der Waals surface area (Å²) in [7, 11) is 1.72. The molecule has 30 heavy (non-hydrogen) atoms. The molecule has 3 rings (SSSR count). The monoisotopic (exact) mass is 408 g/mol. The topological polar surface area (TPSA) is 48.9 Å². The maximum Gasteiger partial charge on any atom is 0.191 e. The second-order valence-corrected chi connectivity index (χ2v) is 8.08.